The molecule has 162 valence electrons. The Morgan fingerprint density at radius 1 is 0.667 bits per heavy atom. The van der Waals surface area contributed by atoms with Crippen molar-refractivity contribution in [1.29, 1.82) is 0 Å². The zero-order valence-electron chi connectivity index (χ0n) is 18.9. The van der Waals surface area contributed by atoms with E-state index in [-0.39, 0.29) is 31.3 Å². The molecule has 0 atom stereocenters. The van der Waals surface area contributed by atoms with E-state index in [0.29, 0.717) is 11.1 Å². The van der Waals surface area contributed by atoms with E-state index >= 15 is 0 Å². The monoisotopic (exact) mass is 474 g/mol. The molecule has 0 aliphatic carbocycles. The molecule has 0 aromatic carbocycles. The molecule has 27 heavy (non-hydrogen) atoms. The molecule has 0 saturated heterocycles. The molecular weight excluding hydrogens is 435 g/mol. The fourth-order valence-corrected chi connectivity index (χ4v) is 2.96. The normalized spacial score (nSPS) is 13.4. The fourth-order valence-electron chi connectivity index (χ4n) is 2.96. The third-order valence-corrected chi connectivity index (χ3v) is 5.55. The molecule has 0 radical (unpaired) electrons. The van der Waals surface area contributed by atoms with Gasteiger partial charge in [0, 0.05) is 31.6 Å². The molecular formula is C22H40O4Pd. The third-order valence-electron chi connectivity index (χ3n) is 5.55. The number of aliphatic carboxylic acids is 2. The SMILES string of the molecule is CCCC(C)(C)C(C)=C(C)C(=O)O.CCCC(C)(C)C(C)=C(C)C(=O)O.[Pd]. The van der Waals surface area contributed by atoms with Gasteiger partial charge in [0.25, 0.3) is 0 Å². The second kappa shape index (κ2) is 13.3. The summed E-state index contributed by atoms with van der Waals surface area (Å²) in [6, 6.07) is 0. The number of carbonyl (C=O) groups is 2. The smallest absolute Gasteiger partial charge is 0.331 e. The molecule has 0 unspecified atom stereocenters. The maximum Gasteiger partial charge on any atom is 0.331 e. The predicted molar refractivity (Wildman–Crippen MR) is 109 cm³/mol. The number of rotatable bonds is 8. The molecule has 5 heteroatoms. The van der Waals surface area contributed by atoms with E-state index in [0.717, 1.165) is 36.8 Å². The van der Waals surface area contributed by atoms with Crippen LogP contribution < -0.4 is 0 Å². The van der Waals surface area contributed by atoms with Crippen molar-refractivity contribution >= 4 is 11.9 Å². The van der Waals surface area contributed by atoms with Crippen LogP contribution in [0.5, 0.6) is 0 Å². The van der Waals surface area contributed by atoms with Crippen LogP contribution in [0.15, 0.2) is 22.3 Å². The van der Waals surface area contributed by atoms with Crippen molar-refractivity contribution in [3.05, 3.63) is 22.3 Å². The van der Waals surface area contributed by atoms with E-state index in [1.807, 2.05) is 13.8 Å². The third kappa shape index (κ3) is 10.9. The second-order valence-corrected chi connectivity index (χ2v) is 8.38. The Kier molecular flexibility index (Phi) is 15.2. The number of carboxylic acids is 2. The van der Waals surface area contributed by atoms with Crippen molar-refractivity contribution in [3.63, 3.8) is 0 Å². The summed E-state index contributed by atoms with van der Waals surface area (Å²) in [6.45, 7) is 19.8. The summed E-state index contributed by atoms with van der Waals surface area (Å²) < 4.78 is 0. The van der Waals surface area contributed by atoms with Gasteiger partial charge in [0.2, 0.25) is 0 Å². The topological polar surface area (TPSA) is 74.6 Å². The first-order valence-electron chi connectivity index (χ1n) is 9.48. The van der Waals surface area contributed by atoms with Crippen molar-refractivity contribution < 1.29 is 40.2 Å². The molecule has 0 fully saturated rings. The standard InChI is InChI=1S/2C11H20O2.Pd/c2*1-6-7-11(4,5)9(3)8(2)10(12)13;/h2*6-7H2,1-5H3,(H,12,13);. The maximum absolute atomic E-state index is 10.7. The van der Waals surface area contributed by atoms with E-state index in [4.69, 9.17) is 10.2 Å². The van der Waals surface area contributed by atoms with Gasteiger partial charge in [-0.15, -0.1) is 0 Å². The number of carboxylic acid groups (broad SMARTS) is 2. The van der Waals surface area contributed by atoms with Crippen molar-refractivity contribution in [2.24, 2.45) is 10.8 Å². The first-order valence-corrected chi connectivity index (χ1v) is 9.48. The summed E-state index contributed by atoms with van der Waals surface area (Å²) in [5.74, 6) is -1.61. The second-order valence-electron chi connectivity index (χ2n) is 8.38. The van der Waals surface area contributed by atoms with Crippen LogP contribution in [0.2, 0.25) is 0 Å². The van der Waals surface area contributed by atoms with Gasteiger partial charge < -0.3 is 10.2 Å². The van der Waals surface area contributed by atoms with Gasteiger partial charge in [-0.25, -0.2) is 9.59 Å². The van der Waals surface area contributed by atoms with Gasteiger partial charge in [-0.3, -0.25) is 0 Å². The fraction of sp³-hybridized carbons (Fsp3) is 0.727. The Bertz CT molecular complexity index is 505. The van der Waals surface area contributed by atoms with Gasteiger partial charge in [-0.2, -0.15) is 0 Å². The van der Waals surface area contributed by atoms with Crippen molar-refractivity contribution in [3.8, 4) is 0 Å². The Hall–Kier alpha value is -0.918. The van der Waals surface area contributed by atoms with Crippen LogP contribution in [0.25, 0.3) is 0 Å². The van der Waals surface area contributed by atoms with Crippen LogP contribution in [0.3, 0.4) is 0 Å². The van der Waals surface area contributed by atoms with Gasteiger partial charge in [0.15, 0.2) is 0 Å². The number of hydrogen-bond acceptors (Lipinski definition) is 2. The van der Waals surface area contributed by atoms with Crippen LogP contribution >= 0.6 is 0 Å². The minimum Gasteiger partial charge on any atom is -0.478 e. The molecule has 0 aromatic heterocycles. The summed E-state index contributed by atoms with van der Waals surface area (Å²) >= 11 is 0. The van der Waals surface area contributed by atoms with Crippen LogP contribution in [-0.2, 0) is 30.0 Å². The van der Waals surface area contributed by atoms with Gasteiger partial charge in [-0.1, -0.05) is 65.5 Å². The summed E-state index contributed by atoms with van der Waals surface area (Å²) in [5.41, 5.74) is 2.97. The van der Waals surface area contributed by atoms with Gasteiger partial charge in [0.1, 0.15) is 0 Å². The number of allylic oxidation sites excluding steroid dienone is 2. The Morgan fingerprint density at radius 3 is 1.04 bits per heavy atom. The quantitative estimate of drug-likeness (QED) is 0.312. The van der Waals surface area contributed by atoms with E-state index < -0.39 is 11.9 Å². The summed E-state index contributed by atoms with van der Waals surface area (Å²) in [4.78, 5) is 21.5. The predicted octanol–water partition coefficient (Wildman–Crippen LogP) is 6.46. The van der Waals surface area contributed by atoms with Crippen LogP contribution in [0.4, 0.5) is 0 Å². The minimum absolute atomic E-state index is 0. The molecule has 2 N–H and O–H groups in total. The zero-order valence-corrected chi connectivity index (χ0v) is 20.4. The molecule has 0 saturated carbocycles. The summed E-state index contributed by atoms with van der Waals surface area (Å²) in [5, 5.41) is 17.7. The van der Waals surface area contributed by atoms with Crippen LogP contribution in [0, 0.1) is 10.8 Å². The number of hydrogen-bond donors (Lipinski definition) is 2. The molecule has 0 bridgehead atoms. The largest absolute Gasteiger partial charge is 0.478 e. The van der Waals surface area contributed by atoms with Crippen molar-refractivity contribution in [2.75, 3.05) is 0 Å². The van der Waals surface area contributed by atoms with Gasteiger partial charge >= 0.3 is 11.9 Å². The molecule has 0 amide bonds. The Morgan fingerprint density at radius 2 is 0.889 bits per heavy atom. The van der Waals surface area contributed by atoms with Crippen molar-refractivity contribution in [2.45, 2.75) is 94.9 Å². The zero-order chi connectivity index (χ0) is 21.3. The molecule has 0 rings (SSSR count). The molecule has 4 nitrogen and oxygen atoms in total. The van der Waals surface area contributed by atoms with E-state index in [1.165, 1.54) is 0 Å². The van der Waals surface area contributed by atoms with Gasteiger partial charge in [0.05, 0.1) is 0 Å². The molecule has 0 spiro atoms. The van der Waals surface area contributed by atoms with Crippen LogP contribution in [0.1, 0.15) is 94.9 Å². The molecule has 0 heterocycles. The molecule has 0 aliphatic rings. The Balaban J connectivity index is -0.000000411. The first-order chi connectivity index (χ1) is 11.7. The molecule has 0 aliphatic heterocycles. The van der Waals surface area contributed by atoms with Gasteiger partial charge in [-0.05, 0) is 51.4 Å². The summed E-state index contributed by atoms with van der Waals surface area (Å²) in [7, 11) is 0. The van der Waals surface area contributed by atoms with Crippen molar-refractivity contribution in [1.82, 2.24) is 0 Å². The summed E-state index contributed by atoms with van der Waals surface area (Å²) in [6.07, 6.45) is 4.22. The first kappa shape index (κ1) is 30.8. The molecule has 0 aromatic rings. The van der Waals surface area contributed by atoms with E-state index in [2.05, 4.69) is 41.5 Å². The Labute approximate surface area is 180 Å². The van der Waals surface area contributed by atoms with E-state index in [1.54, 1.807) is 13.8 Å². The minimum atomic E-state index is -0.804. The maximum atomic E-state index is 10.7. The van der Waals surface area contributed by atoms with E-state index in [9.17, 15) is 9.59 Å². The van der Waals surface area contributed by atoms with Crippen LogP contribution in [-0.4, -0.2) is 22.2 Å². The average Bonchev–Trinajstić information content (AvgIpc) is 2.52. The average molecular weight is 475 g/mol.